The summed E-state index contributed by atoms with van der Waals surface area (Å²) in [5.74, 6) is -0.127. The molecule has 0 spiro atoms. The Hall–Kier alpha value is -2.96. The van der Waals surface area contributed by atoms with Crippen LogP contribution in [0.4, 0.5) is 0 Å². The zero-order valence-corrected chi connectivity index (χ0v) is 25.3. The SMILES string of the molecule is CCOC(=O)CC(CC)(CCCN1CCC(NC(=O)c2ccccc2-c2ccc(Br)cc2)CC1)c1ccccc1. The minimum Gasteiger partial charge on any atom is -0.466 e. The van der Waals surface area contributed by atoms with Crippen LogP contribution in [0.1, 0.15) is 68.3 Å². The van der Waals surface area contributed by atoms with E-state index in [4.69, 9.17) is 4.74 Å². The van der Waals surface area contributed by atoms with E-state index in [2.05, 4.69) is 57.3 Å². The van der Waals surface area contributed by atoms with Gasteiger partial charge in [-0.2, -0.15) is 0 Å². The van der Waals surface area contributed by atoms with E-state index in [0.29, 0.717) is 18.6 Å². The van der Waals surface area contributed by atoms with Gasteiger partial charge in [-0.05, 0) is 80.5 Å². The number of likely N-dealkylation sites (tertiary alicyclic amines) is 1. The number of hydrogen-bond acceptors (Lipinski definition) is 4. The van der Waals surface area contributed by atoms with E-state index in [0.717, 1.165) is 67.3 Å². The third kappa shape index (κ3) is 7.82. The number of esters is 1. The molecule has 0 bridgehead atoms. The lowest BCUT2D eigenvalue weighted by molar-refractivity contribution is -0.144. The minimum atomic E-state index is -0.206. The zero-order valence-electron chi connectivity index (χ0n) is 23.7. The van der Waals surface area contributed by atoms with Crippen molar-refractivity contribution in [2.24, 2.45) is 0 Å². The highest BCUT2D eigenvalue weighted by atomic mass is 79.9. The van der Waals surface area contributed by atoms with Gasteiger partial charge < -0.3 is 15.0 Å². The standard InChI is InChI=1S/C34H41BrN2O3/c1-3-34(25-32(38)40-4-2,27-11-6-5-7-12-27)21-10-22-37-23-19-29(20-24-37)36-33(39)31-14-9-8-13-30(31)26-15-17-28(35)18-16-26/h5-9,11-18,29H,3-4,10,19-25H2,1-2H3,(H,36,39). The highest BCUT2D eigenvalue weighted by molar-refractivity contribution is 9.10. The quantitative estimate of drug-likeness (QED) is 0.219. The molecule has 0 radical (unpaired) electrons. The van der Waals surface area contributed by atoms with E-state index in [1.165, 1.54) is 5.56 Å². The summed E-state index contributed by atoms with van der Waals surface area (Å²) in [5.41, 5.74) is 3.71. The molecule has 5 nitrogen and oxygen atoms in total. The molecule has 1 atom stereocenters. The Labute approximate surface area is 247 Å². The Morgan fingerprint density at radius 1 is 0.950 bits per heavy atom. The van der Waals surface area contributed by atoms with E-state index >= 15 is 0 Å². The van der Waals surface area contributed by atoms with Crippen LogP contribution in [0.3, 0.4) is 0 Å². The number of amides is 1. The fraction of sp³-hybridized carbons (Fsp3) is 0.412. The molecule has 0 saturated carbocycles. The fourth-order valence-electron chi connectivity index (χ4n) is 5.89. The van der Waals surface area contributed by atoms with Crippen LogP contribution in [-0.4, -0.2) is 49.1 Å². The maximum Gasteiger partial charge on any atom is 0.306 e. The number of piperidine rings is 1. The summed E-state index contributed by atoms with van der Waals surface area (Å²) in [6.07, 6.45) is 5.14. The molecule has 1 heterocycles. The summed E-state index contributed by atoms with van der Waals surface area (Å²) < 4.78 is 6.36. The van der Waals surface area contributed by atoms with Crippen molar-refractivity contribution in [2.75, 3.05) is 26.2 Å². The molecular weight excluding hydrogens is 564 g/mol. The van der Waals surface area contributed by atoms with Gasteiger partial charge in [-0.25, -0.2) is 0 Å². The van der Waals surface area contributed by atoms with Gasteiger partial charge in [0.15, 0.2) is 0 Å². The Kier molecular flexibility index (Phi) is 11.0. The molecule has 6 heteroatoms. The third-order valence-corrected chi connectivity index (χ3v) is 8.76. The molecular formula is C34H41BrN2O3. The molecule has 1 unspecified atom stereocenters. The Morgan fingerprint density at radius 2 is 1.62 bits per heavy atom. The average Bonchev–Trinajstić information content (AvgIpc) is 2.98. The number of halogens is 1. The number of carbonyl (C=O) groups is 2. The van der Waals surface area contributed by atoms with Crippen molar-refractivity contribution in [1.82, 2.24) is 10.2 Å². The van der Waals surface area contributed by atoms with E-state index in [-0.39, 0.29) is 23.3 Å². The maximum atomic E-state index is 13.3. The zero-order chi connectivity index (χ0) is 28.4. The van der Waals surface area contributed by atoms with E-state index in [1.807, 2.05) is 61.5 Å². The predicted molar refractivity (Wildman–Crippen MR) is 165 cm³/mol. The maximum absolute atomic E-state index is 13.3. The normalized spacial score (nSPS) is 15.8. The molecule has 212 valence electrons. The summed E-state index contributed by atoms with van der Waals surface area (Å²) in [7, 11) is 0. The van der Waals surface area contributed by atoms with E-state index in [9.17, 15) is 9.59 Å². The Balaban J connectivity index is 1.30. The van der Waals surface area contributed by atoms with Crippen LogP contribution in [0, 0.1) is 0 Å². The molecule has 1 N–H and O–H groups in total. The molecule has 0 aromatic heterocycles. The van der Waals surface area contributed by atoms with Gasteiger partial charge in [0, 0.05) is 34.6 Å². The molecule has 1 fully saturated rings. The Bertz CT molecular complexity index is 1240. The lowest BCUT2D eigenvalue weighted by atomic mass is 9.72. The summed E-state index contributed by atoms with van der Waals surface area (Å²) in [6, 6.07) is 26.5. The van der Waals surface area contributed by atoms with Crippen molar-refractivity contribution in [2.45, 2.75) is 63.8 Å². The summed E-state index contributed by atoms with van der Waals surface area (Å²) in [6.45, 7) is 7.36. The number of carbonyl (C=O) groups excluding carboxylic acids is 2. The topological polar surface area (TPSA) is 58.6 Å². The van der Waals surface area contributed by atoms with Gasteiger partial charge >= 0.3 is 5.97 Å². The number of nitrogens with one attached hydrogen (secondary N) is 1. The van der Waals surface area contributed by atoms with Crippen molar-refractivity contribution < 1.29 is 14.3 Å². The summed E-state index contributed by atoms with van der Waals surface area (Å²) in [5, 5.41) is 3.30. The van der Waals surface area contributed by atoms with Gasteiger partial charge in [-0.1, -0.05) is 83.5 Å². The van der Waals surface area contributed by atoms with Crippen LogP contribution in [0.25, 0.3) is 11.1 Å². The number of ether oxygens (including phenoxy) is 1. The van der Waals surface area contributed by atoms with E-state index in [1.54, 1.807) is 0 Å². The van der Waals surface area contributed by atoms with Gasteiger partial charge in [-0.3, -0.25) is 9.59 Å². The smallest absolute Gasteiger partial charge is 0.306 e. The second-order valence-electron chi connectivity index (χ2n) is 10.7. The lowest BCUT2D eigenvalue weighted by Crippen LogP contribution is -2.45. The number of nitrogens with zero attached hydrogens (tertiary/aromatic N) is 1. The van der Waals surface area contributed by atoms with Gasteiger partial charge in [0.1, 0.15) is 0 Å². The molecule has 4 rings (SSSR count). The highest BCUT2D eigenvalue weighted by Crippen LogP contribution is 2.37. The molecule has 1 aliphatic heterocycles. The molecule has 1 aliphatic rings. The summed E-state index contributed by atoms with van der Waals surface area (Å²) >= 11 is 3.49. The van der Waals surface area contributed by atoms with Gasteiger partial charge in [0.2, 0.25) is 0 Å². The first-order chi connectivity index (χ1) is 19.4. The van der Waals surface area contributed by atoms with Crippen LogP contribution in [0.15, 0.2) is 83.3 Å². The molecule has 3 aromatic carbocycles. The first-order valence-corrected chi connectivity index (χ1v) is 15.3. The predicted octanol–water partition coefficient (Wildman–Crippen LogP) is 7.39. The second kappa shape index (κ2) is 14.6. The molecule has 1 saturated heterocycles. The molecule has 3 aromatic rings. The summed E-state index contributed by atoms with van der Waals surface area (Å²) in [4.78, 5) is 28.3. The molecule has 0 aliphatic carbocycles. The van der Waals surface area contributed by atoms with Gasteiger partial charge in [0.25, 0.3) is 5.91 Å². The van der Waals surface area contributed by atoms with Crippen molar-refractivity contribution in [3.63, 3.8) is 0 Å². The second-order valence-corrected chi connectivity index (χ2v) is 11.6. The molecule has 1 amide bonds. The van der Waals surface area contributed by atoms with Crippen molar-refractivity contribution in [1.29, 1.82) is 0 Å². The van der Waals surface area contributed by atoms with Crippen molar-refractivity contribution in [3.05, 3.63) is 94.5 Å². The number of rotatable bonds is 12. The van der Waals surface area contributed by atoms with E-state index < -0.39 is 0 Å². The minimum absolute atomic E-state index is 0.00785. The average molecular weight is 606 g/mol. The largest absolute Gasteiger partial charge is 0.466 e. The van der Waals surface area contributed by atoms with Crippen LogP contribution in [-0.2, 0) is 14.9 Å². The lowest BCUT2D eigenvalue weighted by Gasteiger charge is -2.35. The number of benzene rings is 3. The van der Waals surface area contributed by atoms with Crippen LogP contribution >= 0.6 is 15.9 Å². The highest BCUT2D eigenvalue weighted by Gasteiger charge is 2.33. The monoisotopic (exact) mass is 604 g/mol. The first kappa shape index (κ1) is 30.0. The number of hydrogen-bond donors (Lipinski definition) is 1. The van der Waals surface area contributed by atoms with Crippen LogP contribution in [0.5, 0.6) is 0 Å². The van der Waals surface area contributed by atoms with Crippen molar-refractivity contribution >= 4 is 27.8 Å². The van der Waals surface area contributed by atoms with Crippen LogP contribution in [0.2, 0.25) is 0 Å². The third-order valence-electron chi connectivity index (χ3n) is 8.23. The van der Waals surface area contributed by atoms with Gasteiger partial charge in [0.05, 0.1) is 13.0 Å². The Morgan fingerprint density at radius 3 is 2.30 bits per heavy atom. The van der Waals surface area contributed by atoms with Crippen LogP contribution < -0.4 is 5.32 Å². The van der Waals surface area contributed by atoms with Gasteiger partial charge in [-0.15, -0.1) is 0 Å². The first-order valence-electron chi connectivity index (χ1n) is 14.5. The fourth-order valence-corrected chi connectivity index (χ4v) is 6.15. The van der Waals surface area contributed by atoms with Crippen molar-refractivity contribution in [3.8, 4) is 11.1 Å². The molecule has 40 heavy (non-hydrogen) atoms.